The molecule has 1 aromatic rings. The molecule has 2 saturated heterocycles. The molecule has 8 nitrogen and oxygen atoms in total. The second-order valence-electron chi connectivity index (χ2n) is 6.83. The van der Waals surface area contributed by atoms with E-state index in [2.05, 4.69) is 15.3 Å². The summed E-state index contributed by atoms with van der Waals surface area (Å²) in [6, 6.07) is 0. The Morgan fingerprint density at radius 2 is 2.16 bits per heavy atom. The van der Waals surface area contributed by atoms with Crippen molar-refractivity contribution < 1.29 is 14.3 Å². The number of anilines is 1. The topological polar surface area (TPSA) is 79.7 Å². The zero-order valence-corrected chi connectivity index (χ0v) is 15.0. The van der Waals surface area contributed by atoms with E-state index in [0.29, 0.717) is 26.3 Å². The zero-order chi connectivity index (χ0) is 17.8. The highest BCUT2D eigenvalue weighted by Gasteiger charge is 2.29. The summed E-state index contributed by atoms with van der Waals surface area (Å²) in [7, 11) is 1.85. The minimum absolute atomic E-state index is 0.0170. The van der Waals surface area contributed by atoms with Gasteiger partial charge in [-0.1, -0.05) is 0 Å². The van der Waals surface area contributed by atoms with Crippen molar-refractivity contribution in [2.45, 2.75) is 19.8 Å². The van der Waals surface area contributed by atoms with Crippen LogP contribution < -0.4 is 5.32 Å². The van der Waals surface area contributed by atoms with Crippen LogP contribution in [0.4, 0.5) is 5.69 Å². The van der Waals surface area contributed by atoms with Gasteiger partial charge in [0.25, 0.3) is 0 Å². The first-order valence-electron chi connectivity index (χ1n) is 8.92. The van der Waals surface area contributed by atoms with Gasteiger partial charge >= 0.3 is 0 Å². The van der Waals surface area contributed by atoms with E-state index in [4.69, 9.17) is 4.74 Å². The van der Waals surface area contributed by atoms with E-state index < -0.39 is 0 Å². The largest absolute Gasteiger partial charge is 0.381 e. The van der Waals surface area contributed by atoms with Crippen LogP contribution in [0.3, 0.4) is 0 Å². The van der Waals surface area contributed by atoms with Crippen LogP contribution in [-0.2, 0) is 21.4 Å². The van der Waals surface area contributed by atoms with Gasteiger partial charge < -0.3 is 15.0 Å². The molecule has 25 heavy (non-hydrogen) atoms. The van der Waals surface area contributed by atoms with Crippen molar-refractivity contribution >= 4 is 17.5 Å². The van der Waals surface area contributed by atoms with Crippen LogP contribution in [0.15, 0.2) is 6.20 Å². The van der Waals surface area contributed by atoms with Crippen LogP contribution >= 0.6 is 0 Å². The normalized spacial score (nSPS) is 22.0. The van der Waals surface area contributed by atoms with Gasteiger partial charge in [-0.2, -0.15) is 5.10 Å². The van der Waals surface area contributed by atoms with Crippen LogP contribution in [-0.4, -0.2) is 77.3 Å². The Morgan fingerprint density at radius 1 is 1.32 bits per heavy atom. The van der Waals surface area contributed by atoms with Crippen molar-refractivity contribution in [2.24, 2.45) is 13.0 Å². The third-order valence-corrected chi connectivity index (χ3v) is 5.06. The number of aromatic nitrogens is 2. The summed E-state index contributed by atoms with van der Waals surface area (Å²) in [4.78, 5) is 28.8. The van der Waals surface area contributed by atoms with Crippen LogP contribution in [0.5, 0.6) is 0 Å². The van der Waals surface area contributed by atoms with E-state index in [0.717, 1.165) is 43.9 Å². The fourth-order valence-electron chi connectivity index (χ4n) is 3.35. The van der Waals surface area contributed by atoms with Crippen LogP contribution in [0, 0.1) is 12.8 Å². The van der Waals surface area contributed by atoms with Gasteiger partial charge in [-0.05, 0) is 19.8 Å². The summed E-state index contributed by atoms with van der Waals surface area (Å²) in [5.74, 6) is 0.179. The number of hydrogen-bond acceptors (Lipinski definition) is 5. The standard InChI is InChI=1S/C17H27N5O3/c1-13-15(10-18-20(13)2)19-16(23)11-21-5-3-6-22(8-7-21)17(24)14-4-9-25-12-14/h10,14H,3-9,11-12H2,1-2H3,(H,19,23). The molecule has 1 unspecified atom stereocenters. The zero-order valence-electron chi connectivity index (χ0n) is 15.0. The van der Waals surface area contributed by atoms with Gasteiger partial charge in [0.1, 0.15) is 0 Å². The third-order valence-electron chi connectivity index (χ3n) is 5.06. The van der Waals surface area contributed by atoms with E-state index in [1.807, 2.05) is 18.9 Å². The monoisotopic (exact) mass is 349 g/mol. The number of ether oxygens (including phenoxy) is 1. The number of hydrogen-bond donors (Lipinski definition) is 1. The van der Waals surface area contributed by atoms with Crippen molar-refractivity contribution in [3.63, 3.8) is 0 Å². The Bertz CT molecular complexity index is 624. The number of carbonyl (C=O) groups excluding carboxylic acids is 2. The van der Waals surface area contributed by atoms with Gasteiger partial charge in [0.05, 0.1) is 36.6 Å². The predicted octanol–water partition coefficient (Wildman–Crippen LogP) is 0.238. The molecule has 2 aliphatic heterocycles. The van der Waals surface area contributed by atoms with Crippen LogP contribution in [0.2, 0.25) is 0 Å². The minimum atomic E-state index is -0.0416. The molecular weight excluding hydrogens is 322 g/mol. The molecule has 0 aromatic carbocycles. The van der Waals surface area contributed by atoms with Gasteiger partial charge in [-0.15, -0.1) is 0 Å². The first-order valence-corrected chi connectivity index (χ1v) is 8.92. The van der Waals surface area contributed by atoms with Gasteiger partial charge in [0.2, 0.25) is 11.8 Å². The minimum Gasteiger partial charge on any atom is -0.381 e. The van der Waals surface area contributed by atoms with E-state index in [1.54, 1.807) is 10.9 Å². The number of nitrogens with one attached hydrogen (secondary N) is 1. The molecule has 1 atom stereocenters. The SMILES string of the molecule is Cc1c(NC(=O)CN2CCCN(C(=O)C3CCOC3)CC2)cnn1C. The molecule has 2 fully saturated rings. The molecular formula is C17H27N5O3. The summed E-state index contributed by atoms with van der Waals surface area (Å²) < 4.78 is 7.06. The lowest BCUT2D eigenvalue weighted by molar-refractivity contribution is -0.135. The Morgan fingerprint density at radius 3 is 2.84 bits per heavy atom. The predicted molar refractivity (Wildman–Crippen MR) is 93.1 cm³/mol. The number of aryl methyl sites for hydroxylation is 1. The third kappa shape index (κ3) is 4.38. The highest BCUT2D eigenvalue weighted by Crippen LogP contribution is 2.17. The van der Waals surface area contributed by atoms with E-state index in [1.165, 1.54) is 0 Å². The lowest BCUT2D eigenvalue weighted by atomic mass is 10.1. The molecule has 2 amide bonds. The molecule has 0 bridgehead atoms. The molecule has 0 saturated carbocycles. The first kappa shape index (κ1) is 17.9. The molecule has 0 radical (unpaired) electrons. The summed E-state index contributed by atoms with van der Waals surface area (Å²) in [5.41, 5.74) is 1.68. The Balaban J connectivity index is 1.48. The van der Waals surface area contributed by atoms with Gasteiger partial charge in [-0.3, -0.25) is 19.2 Å². The molecule has 1 aromatic heterocycles. The summed E-state index contributed by atoms with van der Waals surface area (Å²) in [6.07, 6.45) is 3.38. The number of amides is 2. The average molecular weight is 349 g/mol. The first-order chi connectivity index (χ1) is 12.0. The molecule has 8 heteroatoms. The number of rotatable bonds is 4. The average Bonchev–Trinajstić information content (AvgIpc) is 3.16. The summed E-state index contributed by atoms with van der Waals surface area (Å²) >= 11 is 0. The molecule has 138 valence electrons. The lowest BCUT2D eigenvalue weighted by Crippen LogP contribution is -2.40. The molecule has 2 aliphatic rings. The van der Waals surface area contributed by atoms with Crippen molar-refractivity contribution in [2.75, 3.05) is 51.3 Å². The maximum atomic E-state index is 12.5. The smallest absolute Gasteiger partial charge is 0.238 e. The van der Waals surface area contributed by atoms with Gasteiger partial charge in [-0.25, -0.2) is 0 Å². The molecule has 3 heterocycles. The summed E-state index contributed by atoms with van der Waals surface area (Å²) in [6.45, 7) is 6.47. The van der Waals surface area contributed by atoms with Crippen LogP contribution in [0.1, 0.15) is 18.5 Å². The maximum absolute atomic E-state index is 12.5. The Labute approximate surface area is 148 Å². The van der Waals surface area contributed by atoms with E-state index >= 15 is 0 Å². The number of nitrogens with zero attached hydrogens (tertiary/aromatic N) is 4. The molecule has 0 aliphatic carbocycles. The van der Waals surface area contributed by atoms with Crippen molar-refractivity contribution in [3.05, 3.63) is 11.9 Å². The number of carbonyl (C=O) groups is 2. The molecule has 3 rings (SSSR count). The highest BCUT2D eigenvalue weighted by atomic mass is 16.5. The fraction of sp³-hybridized carbons (Fsp3) is 0.706. The maximum Gasteiger partial charge on any atom is 0.238 e. The second kappa shape index (κ2) is 7.97. The molecule has 0 spiro atoms. The van der Waals surface area contributed by atoms with Crippen molar-refractivity contribution in [1.82, 2.24) is 19.6 Å². The van der Waals surface area contributed by atoms with E-state index in [-0.39, 0.29) is 17.7 Å². The quantitative estimate of drug-likeness (QED) is 0.842. The van der Waals surface area contributed by atoms with Crippen molar-refractivity contribution in [3.8, 4) is 0 Å². The Kier molecular flexibility index (Phi) is 5.70. The fourth-order valence-corrected chi connectivity index (χ4v) is 3.35. The molecule has 1 N–H and O–H groups in total. The van der Waals surface area contributed by atoms with Crippen molar-refractivity contribution in [1.29, 1.82) is 0 Å². The van der Waals surface area contributed by atoms with Gasteiger partial charge in [0, 0.05) is 39.8 Å². The summed E-state index contributed by atoms with van der Waals surface area (Å²) in [5, 5.41) is 7.05. The van der Waals surface area contributed by atoms with Gasteiger partial charge in [0.15, 0.2) is 0 Å². The lowest BCUT2D eigenvalue weighted by Gasteiger charge is -2.23. The van der Waals surface area contributed by atoms with E-state index in [9.17, 15) is 9.59 Å². The highest BCUT2D eigenvalue weighted by molar-refractivity contribution is 5.92. The second-order valence-corrected chi connectivity index (χ2v) is 6.83. The van der Waals surface area contributed by atoms with Crippen LogP contribution in [0.25, 0.3) is 0 Å². The Hall–Kier alpha value is -1.93.